The first-order chi connectivity index (χ1) is 13.3. The van der Waals surface area contributed by atoms with Crippen molar-refractivity contribution in [2.75, 3.05) is 5.33 Å². The molecule has 5 atom stereocenters. The van der Waals surface area contributed by atoms with Crippen LogP contribution in [0.4, 0.5) is 0 Å². The van der Waals surface area contributed by atoms with E-state index in [-0.39, 0.29) is 11.9 Å². The molecular formula is C19H23BrO8. The van der Waals surface area contributed by atoms with Crippen molar-refractivity contribution in [2.24, 2.45) is 0 Å². The number of carbonyl (C=O) groups is 3. The van der Waals surface area contributed by atoms with Crippen molar-refractivity contribution in [3.8, 4) is 0 Å². The predicted octanol–water partition coefficient (Wildman–Crippen LogP) is 2.12. The number of ether oxygens (including phenoxy) is 5. The predicted molar refractivity (Wildman–Crippen MR) is 100 cm³/mol. The molecule has 0 amide bonds. The quantitative estimate of drug-likeness (QED) is 0.348. The van der Waals surface area contributed by atoms with E-state index in [0.717, 1.165) is 5.56 Å². The van der Waals surface area contributed by atoms with Crippen molar-refractivity contribution in [1.29, 1.82) is 0 Å². The first kappa shape index (κ1) is 22.3. The average Bonchev–Trinajstić information content (AvgIpc) is 2.63. The van der Waals surface area contributed by atoms with Crippen molar-refractivity contribution in [3.05, 3.63) is 35.9 Å². The molecule has 0 aliphatic carbocycles. The van der Waals surface area contributed by atoms with Gasteiger partial charge in [-0.15, -0.1) is 0 Å². The highest BCUT2D eigenvalue weighted by Gasteiger charge is 2.52. The molecule has 9 heteroatoms. The number of esters is 3. The Kier molecular flexibility index (Phi) is 8.40. The van der Waals surface area contributed by atoms with Crippen molar-refractivity contribution in [3.63, 3.8) is 0 Å². The topological polar surface area (TPSA) is 97.4 Å². The van der Waals surface area contributed by atoms with Crippen LogP contribution in [0.5, 0.6) is 0 Å². The van der Waals surface area contributed by atoms with Gasteiger partial charge in [0.25, 0.3) is 0 Å². The van der Waals surface area contributed by atoms with Crippen LogP contribution in [-0.4, -0.2) is 53.9 Å². The van der Waals surface area contributed by atoms with Crippen LogP contribution in [0.15, 0.2) is 30.3 Å². The number of alkyl halides is 1. The van der Waals surface area contributed by atoms with E-state index in [1.54, 1.807) is 0 Å². The minimum atomic E-state index is -1.11. The third-order valence-corrected chi connectivity index (χ3v) is 4.54. The summed E-state index contributed by atoms with van der Waals surface area (Å²) in [6.45, 7) is 3.85. The van der Waals surface area contributed by atoms with Gasteiger partial charge in [-0.1, -0.05) is 46.3 Å². The Morgan fingerprint density at radius 3 is 1.96 bits per heavy atom. The minimum Gasteiger partial charge on any atom is -0.456 e. The van der Waals surface area contributed by atoms with E-state index in [1.165, 1.54) is 20.8 Å². The van der Waals surface area contributed by atoms with Crippen molar-refractivity contribution in [2.45, 2.75) is 58.1 Å². The summed E-state index contributed by atoms with van der Waals surface area (Å²) in [7, 11) is 0. The van der Waals surface area contributed by atoms with E-state index in [0.29, 0.717) is 0 Å². The molecule has 1 aliphatic heterocycles. The molecule has 0 spiro atoms. The van der Waals surface area contributed by atoms with Crippen molar-refractivity contribution in [1.82, 2.24) is 0 Å². The van der Waals surface area contributed by atoms with Crippen LogP contribution >= 0.6 is 15.9 Å². The van der Waals surface area contributed by atoms with Crippen LogP contribution in [0, 0.1) is 0 Å². The van der Waals surface area contributed by atoms with Gasteiger partial charge in [0.05, 0.1) is 6.61 Å². The second-order valence-electron chi connectivity index (χ2n) is 6.22. The van der Waals surface area contributed by atoms with Gasteiger partial charge in [-0.3, -0.25) is 14.4 Å². The molecular weight excluding hydrogens is 436 g/mol. The Morgan fingerprint density at radius 2 is 1.43 bits per heavy atom. The molecule has 5 unspecified atom stereocenters. The van der Waals surface area contributed by atoms with E-state index in [1.807, 2.05) is 30.3 Å². The lowest BCUT2D eigenvalue weighted by Crippen LogP contribution is -2.62. The van der Waals surface area contributed by atoms with E-state index in [4.69, 9.17) is 23.7 Å². The third-order valence-electron chi connectivity index (χ3n) is 3.91. The van der Waals surface area contributed by atoms with Crippen molar-refractivity contribution < 1.29 is 38.1 Å². The van der Waals surface area contributed by atoms with Gasteiger partial charge in [-0.2, -0.15) is 0 Å². The van der Waals surface area contributed by atoms with Gasteiger partial charge in [-0.05, 0) is 5.56 Å². The molecule has 0 aromatic heterocycles. The molecule has 1 aliphatic rings. The fourth-order valence-electron chi connectivity index (χ4n) is 2.87. The average molecular weight is 459 g/mol. The van der Waals surface area contributed by atoms with Gasteiger partial charge in [0.1, 0.15) is 6.10 Å². The number of carbonyl (C=O) groups excluding carboxylic acids is 3. The SMILES string of the molecule is CC(=O)OC1C(CBr)OC(OCc2ccccc2)C(OC(C)=O)C1OC(C)=O. The first-order valence-corrected chi connectivity index (χ1v) is 9.82. The van der Waals surface area contributed by atoms with E-state index >= 15 is 0 Å². The Morgan fingerprint density at radius 1 is 0.893 bits per heavy atom. The molecule has 8 nitrogen and oxygen atoms in total. The maximum atomic E-state index is 11.7. The molecule has 2 rings (SSSR count). The monoisotopic (exact) mass is 458 g/mol. The van der Waals surface area contributed by atoms with Gasteiger partial charge in [-0.25, -0.2) is 0 Å². The standard InChI is InChI=1S/C19H23BrO8/c1-11(21)25-16-15(9-20)28-19(24-10-14-7-5-4-6-8-14)18(27-13(3)23)17(16)26-12(2)22/h4-8,15-19H,9-10H2,1-3H3. The van der Waals surface area contributed by atoms with E-state index < -0.39 is 48.6 Å². The maximum Gasteiger partial charge on any atom is 0.303 e. The van der Waals surface area contributed by atoms with Gasteiger partial charge >= 0.3 is 17.9 Å². The molecule has 154 valence electrons. The summed E-state index contributed by atoms with van der Waals surface area (Å²) < 4.78 is 27.7. The molecule has 1 saturated heterocycles. The summed E-state index contributed by atoms with van der Waals surface area (Å²) in [5.41, 5.74) is 0.884. The van der Waals surface area contributed by atoms with Gasteiger partial charge in [0.2, 0.25) is 0 Å². The van der Waals surface area contributed by atoms with Crippen LogP contribution in [0.25, 0.3) is 0 Å². The number of hydrogen-bond acceptors (Lipinski definition) is 8. The fourth-order valence-corrected chi connectivity index (χ4v) is 3.39. The second kappa shape index (κ2) is 10.5. The molecule has 1 heterocycles. The molecule has 0 bridgehead atoms. The first-order valence-electron chi connectivity index (χ1n) is 8.70. The van der Waals surface area contributed by atoms with E-state index in [9.17, 15) is 14.4 Å². The number of halogens is 1. The molecule has 1 fully saturated rings. The second-order valence-corrected chi connectivity index (χ2v) is 6.86. The van der Waals surface area contributed by atoms with Crippen LogP contribution in [-0.2, 0) is 44.7 Å². The molecule has 1 aromatic rings. The zero-order valence-electron chi connectivity index (χ0n) is 15.8. The highest BCUT2D eigenvalue weighted by Crippen LogP contribution is 2.30. The molecule has 28 heavy (non-hydrogen) atoms. The molecule has 0 N–H and O–H groups in total. The summed E-state index contributed by atoms with van der Waals surface area (Å²) in [6, 6.07) is 9.35. The number of rotatable bonds is 7. The van der Waals surface area contributed by atoms with Crippen LogP contribution in [0.1, 0.15) is 26.3 Å². The lowest BCUT2D eigenvalue weighted by Gasteiger charge is -2.43. The lowest BCUT2D eigenvalue weighted by molar-refractivity contribution is -0.302. The zero-order chi connectivity index (χ0) is 20.7. The molecule has 1 aromatic carbocycles. The normalized spacial score (nSPS) is 26.9. The number of benzene rings is 1. The van der Waals surface area contributed by atoms with Crippen LogP contribution < -0.4 is 0 Å². The minimum absolute atomic E-state index is 0.184. The lowest BCUT2D eigenvalue weighted by atomic mass is 9.98. The summed E-state index contributed by atoms with van der Waals surface area (Å²) >= 11 is 3.31. The largest absolute Gasteiger partial charge is 0.456 e. The zero-order valence-corrected chi connectivity index (χ0v) is 17.4. The maximum absolute atomic E-state index is 11.7. The summed E-state index contributed by atoms with van der Waals surface area (Å²) in [6.07, 6.45) is -4.86. The Labute approximate surface area is 171 Å². The summed E-state index contributed by atoms with van der Waals surface area (Å²) in [5.74, 6) is -1.81. The van der Waals surface area contributed by atoms with Gasteiger partial charge in [0, 0.05) is 26.1 Å². The van der Waals surface area contributed by atoms with Gasteiger partial charge < -0.3 is 23.7 Å². The molecule has 0 saturated carbocycles. The van der Waals surface area contributed by atoms with E-state index in [2.05, 4.69) is 15.9 Å². The Hall–Kier alpha value is -1.97. The highest BCUT2D eigenvalue weighted by atomic mass is 79.9. The van der Waals surface area contributed by atoms with Crippen LogP contribution in [0.2, 0.25) is 0 Å². The van der Waals surface area contributed by atoms with Crippen LogP contribution in [0.3, 0.4) is 0 Å². The third kappa shape index (κ3) is 6.29. The number of hydrogen-bond donors (Lipinski definition) is 0. The molecule has 0 radical (unpaired) electrons. The highest BCUT2D eigenvalue weighted by molar-refractivity contribution is 9.09. The Bertz CT molecular complexity index is 680. The summed E-state index contributed by atoms with van der Waals surface area (Å²) in [5, 5.41) is 0.278. The Balaban J connectivity index is 2.29. The smallest absolute Gasteiger partial charge is 0.303 e. The van der Waals surface area contributed by atoms with Crippen molar-refractivity contribution >= 4 is 33.8 Å². The summed E-state index contributed by atoms with van der Waals surface area (Å²) in [4.78, 5) is 34.9. The van der Waals surface area contributed by atoms with Gasteiger partial charge in [0.15, 0.2) is 24.6 Å². The fraction of sp³-hybridized carbons (Fsp3) is 0.526.